The molecule has 0 fully saturated rings. The zero-order valence-electron chi connectivity index (χ0n) is 9.48. The summed E-state index contributed by atoms with van der Waals surface area (Å²) < 4.78 is 0. The van der Waals surface area contributed by atoms with Gasteiger partial charge in [-0.25, -0.2) is 0 Å². The minimum Gasteiger partial charge on any atom is -0.303 e. The average Bonchev–Trinajstić information content (AvgIpc) is 2.03. The Balaban J connectivity index is 3.83. The van der Waals surface area contributed by atoms with E-state index in [9.17, 15) is 0 Å². The fraction of sp³-hybridized carbons (Fsp3) is 1.00. The first-order valence-corrected chi connectivity index (χ1v) is 5.28. The van der Waals surface area contributed by atoms with Crippen molar-refractivity contribution in [3.8, 4) is 0 Å². The van der Waals surface area contributed by atoms with Gasteiger partial charge in [0.1, 0.15) is 0 Å². The Morgan fingerprint density at radius 1 is 1.08 bits per heavy atom. The molecule has 74 valence electrons. The lowest BCUT2D eigenvalue weighted by Crippen LogP contribution is -2.34. The SMILES string of the molecule is CCCN(CC)CC(C)(C)CC. The van der Waals surface area contributed by atoms with Crippen LogP contribution >= 0.6 is 0 Å². The molecule has 0 bridgehead atoms. The fourth-order valence-corrected chi connectivity index (χ4v) is 1.38. The lowest BCUT2D eigenvalue weighted by Gasteiger charge is -2.30. The maximum Gasteiger partial charge on any atom is 0.00325 e. The van der Waals surface area contributed by atoms with Gasteiger partial charge in [0.2, 0.25) is 0 Å². The lowest BCUT2D eigenvalue weighted by atomic mass is 9.89. The second-order valence-corrected chi connectivity index (χ2v) is 4.39. The van der Waals surface area contributed by atoms with Gasteiger partial charge in [-0.2, -0.15) is 0 Å². The van der Waals surface area contributed by atoms with Crippen LogP contribution in [-0.2, 0) is 0 Å². The third-order valence-corrected chi connectivity index (χ3v) is 2.60. The molecule has 0 saturated heterocycles. The molecule has 0 amide bonds. The highest BCUT2D eigenvalue weighted by molar-refractivity contribution is 4.71. The van der Waals surface area contributed by atoms with Crippen molar-refractivity contribution in [2.24, 2.45) is 5.41 Å². The van der Waals surface area contributed by atoms with Crippen LogP contribution in [0.1, 0.15) is 47.5 Å². The Morgan fingerprint density at radius 3 is 2.00 bits per heavy atom. The molecule has 0 rings (SSSR count). The predicted molar refractivity (Wildman–Crippen MR) is 56.5 cm³/mol. The highest BCUT2D eigenvalue weighted by Crippen LogP contribution is 2.20. The topological polar surface area (TPSA) is 3.24 Å². The largest absolute Gasteiger partial charge is 0.303 e. The van der Waals surface area contributed by atoms with Crippen molar-refractivity contribution in [3.05, 3.63) is 0 Å². The van der Waals surface area contributed by atoms with Crippen molar-refractivity contribution in [3.63, 3.8) is 0 Å². The number of rotatable bonds is 6. The normalized spacial score (nSPS) is 12.5. The molecule has 12 heavy (non-hydrogen) atoms. The van der Waals surface area contributed by atoms with Gasteiger partial charge in [0.05, 0.1) is 0 Å². The number of hydrogen-bond acceptors (Lipinski definition) is 1. The first kappa shape index (κ1) is 12.0. The van der Waals surface area contributed by atoms with E-state index in [2.05, 4.69) is 39.5 Å². The molecule has 0 aromatic heterocycles. The minimum absolute atomic E-state index is 0.491. The standard InChI is InChI=1S/C11H25N/c1-6-9-12(8-3)10-11(4,5)7-2/h6-10H2,1-5H3. The molecule has 0 unspecified atom stereocenters. The zero-order chi connectivity index (χ0) is 9.61. The van der Waals surface area contributed by atoms with E-state index < -0.39 is 0 Å². The number of nitrogens with zero attached hydrogens (tertiary/aromatic N) is 1. The summed E-state index contributed by atoms with van der Waals surface area (Å²) >= 11 is 0. The molecule has 0 aliphatic heterocycles. The van der Waals surface area contributed by atoms with Crippen LogP contribution in [0.4, 0.5) is 0 Å². The molecular weight excluding hydrogens is 146 g/mol. The van der Waals surface area contributed by atoms with Crippen molar-refractivity contribution in [2.75, 3.05) is 19.6 Å². The third-order valence-electron chi connectivity index (χ3n) is 2.60. The summed E-state index contributed by atoms with van der Waals surface area (Å²) in [4.78, 5) is 2.55. The lowest BCUT2D eigenvalue weighted by molar-refractivity contribution is 0.180. The zero-order valence-corrected chi connectivity index (χ0v) is 9.48. The molecule has 1 nitrogen and oxygen atoms in total. The molecule has 0 aromatic carbocycles. The van der Waals surface area contributed by atoms with Gasteiger partial charge < -0.3 is 4.90 Å². The summed E-state index contributed by atoms with van der Waals surface area (Å²) in [5.74, 6) is 0. The van der Waals surface area contributed by atoms with Crippen LogP contribution in [0.2, 0.25) is 0 Å². The van der Waals surface area contributed by atoms with Crippen molar-refractivity contribution in [1.82, 2.24) is 4.90 Å². The highest BCUT2D eigenvalue weighted by Gasteiger charge is 2.17. The summed E-state index contributed by atoms with van der Waals surface area (Å²) in [6.07, 6.45) is 2.54. The van der Waals surface area contributed by atoms with Crippen LogP contribution in [0.25, 0.3) is 0 Å². The van der Waals surface area contributed by atoms with E-state index in [1.165, 1.54) is 32.5 Å². The second kappa shape index (κ2) is 5.58. The van der Waals surface area contributed by atoms with E-state index in [0.29, 0.717) is 5.41 Å². The van der Waals surface area contributed by atoms with Crippen molar-refractivity contribution in [2.45, 2.75) is 47.5 Å². The molecule has 0 aromatic rings. The second-order valence-electron chi connectivity index (χ2n) is 4.39. The van der Waals surface area contributed by atoms with Crippen molar-refractivity contribution < 1.29 is 0 Å². The molecule has 0 N–H and O–H groups in total. The molecule has 0 spiro atoms. The quantitative estimate of drug-likeness (QED) is 0.593. The first-order valence-electron chi connectivity index (χ1n) is 5.28. The van der Waals surface area contributed by atoms with E-state index in [1.54, 1.807) is 0 Å². The Labute approximate surface area is 78.1 Å². The Morgan fingerprint density at radius 2 is 1.67 bits per heavy atom. The molecule has 0 aliphatic rings. The summed E-state index contributed by atoms with van der Waals surface area (Å²) in [5.41, 5.74) is 0.491. The van der Waals surface area contributed by atoms with E-state index >= 15 is 0 Å². The minimum atomic E-state index is 0.491. The van der Waals surface area contributed by atoms with Gasteiger partial charge in [0.15, 0.2) is 0 Å². The summed E-state index contributed by atoms with van der Waals surface area (Å²) in [7, 11) is 0. The van der Waals surface area contributed by atoms with Crippen LogP contribution in [0, 0.1) is 5.41 Å². The highest BCUT2D eigenvalue weighted by atomic mass is 15.1. The van der Waals surface area contributed by atoms with Gasteiger partial charge in [-0.3, -0.25) is 0 Å². The number of hydrogen-bond donors (Lipinski definition) is 0. The molecular formula is C11H25N. The van der Waals surface area contributed by atoms with Gasteiger partial charge in [0.25, 0.3) is 0 Å². The van der Waals surface area contributed by atoms with Crippen LogP contribution in [0.3, 0.4) is 0 Å². The van der Waals surface area contributed by atoms with Crippen molar-refractivity contribution >= 4 is 0 Å². The molecule has 0 aliphatic carbocycles. The summed E-state index contributed by atoms with van der Waals surface area (Å²) in [6, 6.07) is 0. The van der Waals surface area contributed by atoms with Crippen LogP contribution in [-0.4, -0.2) is 24.5 Å². The molecule has 0 heterocycles. The Kier molecular flexibility index (Phi) is 5.56. The van der Waals surface area contributed by atoms with Gasteiger partial charge >= 0.3 is 0 Å². The summed E-state index contributed by atoms with van der Waals surface area (Å²) in [5, 5.41) is 0. The maximum atomic E-state index is 2.55. The van der Waals surface area contributed by atoms with Crippen LogP contribution < -0.4 is 0 Å². The van der Waals surface area contributed by atoms with Gasteiger partial charge in [-0.1, -0.05) is 34.6 Å². The monoisotopic (exact) mass is 171 g/mol. The summed E-state index contributed by atoms with van der Waals surface area (Å²) in [6.45, 7) is 15.2. The van der Waals surface area contributed by atoms with E-state index in [1.807, 2.05) is 0 Å². The Bertz CT molecular complexity index is 108. The Hall–Kier alpha value is -0.0400. The maximum absolute atomic E-state index is 2.55. The predicted octanol–water partition coefficient (Wildman–Crippen LogP) is 3.15. The smallest absolute Gasteiger partial charge is 0.00325 e. The third kappa shape index (κ3) is 4.76. The molecule has 1 heteroatoms. The average molecular weight is 171 g/mol. The van der Waals surface area contributed by atoms with Gasteiger partial charge in [-0.05, 0) is 31.3 Å². The van der Waals surface area contributed by atoms with E-state index in [4.69, 9.17) is 0 Å². The van der Waals surface area contributed by atoms with Gasteiger partial charge in [-0.15, -0.1) is 0 Å². The fourth-order valence-electron chi connectivity index (χ4n) is 1.38. The molecule has 0 radical (unpaired) electrons. The van der Waals surface area contributed by atoms with E-state index in [0.717, 1.165) is 0 Å². The molecule has 0 atom stereocenters. The van der Waals surface area contributed by atoms with Crippen molar-refractivity contribution in [1.29, 1.82) is 0 Å². The first-order chi connectivity index (χ1) is 5.55. The van der Waals surface area contributed by atoms with Gasteiger partial charge in [0, 0.05) is 6.54 Å². The molecule has 0 saturated carbocycles. The van der Waals surface area contributed by atoms with Crippen LogP contribution in [0.15, 0.2) is 0 Å². The van der Waals surface area contributed by atoms with Crippen LogP contribution in [0.5, 0.6) is 0 Å². The van der Waals surface area contributed by atoms with E-state index in [-0.39, 0.29) is 0 Å².